The summed E-state index contributed by atoms with van der Waals surface area (Å²) >= 11 is 0. The van der Waals surface area contributed by atoms with E-state index >= 15 is 0 Å². The fraction of sp³-hybridized carbons (Fsp3) is 0.389. The molecular weight excluding hydrogens is 304 g/mol. The molecule has 1 unspecified atom stereocenters. The maximum atomic E-state index is 9.79. The van der Waals surface area contributed by atoms with Crippen molar-refractivity contribution < 1.29 is 9.47 Å². The van der Waals surface area contributed by atoms with Gasteiger partial charge in [0, 0.05) is 41.4 Å². The SMILES string of the molecule is CCOc1nc(C)c(-c2cncc(N)c2)cc1C1(C#N)CCOC1. The fourth-order valence-corrected chi connectivity index (χ4v) is 3.00. The van der Waals surface area contributed by atoms with E-state index in [4.69, 9.17) is 15.2 Å². The normalized spacial score (nSPS) is 19.9. The third kappa shape index (κ3) is 2.79. The molecule has 24 heavy (non-hydrogen) atoms. The highest BCUT2D eigenvalue weighted by Crippen LogP contribution is 2.40. The Bertz CT molecular complexity index is 792. The van der Waals surface area contributed by atoms with Crippen molar-refractivity contribution in [1.82, 2.24) is 9.97 Å². The highest BCUT2D eigenvalue weighted by molar-refractivity contribution is 5.70. The number of nitrogen functional groups attached to an aromatic ring is 1. The Kier molecular flexibility index (Phi) is 4.36. The first-order chi connectivity index (χ1) is 11.6. The second-order valence-corrected chi connectivity index (χ2v) is 5.91. The van der Waals surface area contributed by atoms with Gasteiger partial charge >= 0.3 is 0 Å². The standard InChI is InChI=1S/C18H20N4O2/c1-3-24-17-16(18(10-19)4-5-23-11-18)7-15(12(2)22-17)13-6-14(20)9-21-8-13/h6-9H,3-5,11,20H2,1-2H3. The predicted octanol–water partition coefficient (Wildman–Crippen LogP) is 2.61. The molecule has 0 amide bonds. The largest absolute Gasteiger partial charge is 0.478 e. The van der Waals surface area contributed by atoms with Gasteiger partial charge in [-0.2, -0.15) is 5.26 Å². The van der Waals surface area contributed by atoms with Gasteiger partial charge in [-0.1, -0.05) is 0 Å². The number of anilines is 1. The molecule has 1 fully saturated rings. The number of hydrogen-bond donors (Lipinski definition) is 1. The van der Waals surface area contributed by atoms with Crippen molar-refractivity contribution in [2.75, 3.05) is 25.6 Å². The number of nitrogens with two attached hydrogens (primary N) is 1. The van der Waals surface area contributed by atoms with Crippen LogP contribution < -0.4 is 10.5 Å². The molecule has 0 aliphatic carbocycles. The van der Waals surface area contributed by atoms with E-state index < -0.39 is 5.41 Å². The quantitative estimate of drug-likeness (QED) is 0.929. The second-order valence-electron chi connectivity index (χ2n) is 5.91. The van der Waals surface area contributed by atoms with Crippen LogP contribution in [0.3, 0.4) is 0 Å². The first-order valence-corrected chi connectivity index (χ1v) is 7.94. The Morgan fingerprint density at radius 3 is 2.88 bits per heavy atom. The lowest BCUT2D eigenvalue weighted by Gasteiger charge is -2.23. The summed E-state index contributed by atoms with van der Waals surface area (Å²) in [6.45, 7) is 5.21. The topological polar surface area (TPSA) is 94.0 Å². The molecule has 0 saturated carbocycles. The lowest BCUT2D eigenvalue weighted by atomic mass is 9.80. The van der Waals surface area contributed by atoms with E-state index in [0.717, 1.165) is 22.4 Å². The van der Waals surface area contributed by atoms with Gasteiger partial charge in [0.2, 0.25) is 5.88 Å². The van der Waals surface area contributed by atoms with Gasteiger partial charge in [0.25, 0.3) is 0 Å². The van der Waals surface area contributed by atoms with Gasteiger partial charge in [0.05, 0.1) is 25.0 Å². The molecule has 124 valence electrons. The maximum absolute atomic E-state index is 9.79. The van der Waals surface area contributed by atoms with Gasteiger partial charge in [-0.3, -0.25) is 4.98 Å². The number of aryl methyl sites for hydroxylation is 1. The van der Waals surface area contributed by atoms with E-state index in [1.165, 1.54) is 0 Å². The number of rotatable bonds is 4. The number of aromatic nitrogens is 2. The average Bonchev–Trinajstić information content (AvgIpc) is 3.05. The first kappa shape index (κ1) is 16.2. The number of nitrogens with zero attached hydrogens (tertiary/aromatic N) is 3. The average molecular weight is 324 g/mol. The zero-order valence-corrected chi connectivity index (χ0v) is 13.9. The van der Waals surface area contributed by atoms with Crippen molar-refractivity contribution in [2.24, 2.45) is 0 Å². The van der Waals surface area contributed by atoms with Crippen LogP contribution in [0.1, 0.15) is 24.6 Å². The van der Waals surface area contributed by atoms with Gasteiger partial charge < -0.3 is 15.2 Å². The van der Waals surface area contributed by atoms with Crippen LogP contribution >= 0.6 is 0 Å². The molecule has 3 rings (SSSR count). The summed E-state index contributed by atoms with van der Waals surface area (Å²) in [6.07, 6.45) is 3.97. The van der Waals surface area contributed by atoms with E-state index in [0.29, 0.717) is 37.8 Å². The van der Waals surface area contributed by atoms with Crippen molar-refractivity contribution in [1.29, 1.82) is 5.26 Å². The number of pyridine rings is 2. The molecule has 3 heterocycles. The molecular formula is C18H20N4O2. The minimum absolute atomic E-state index is 0.350. The zero-order chi connectivity index (χ0) is 17.2. The third-order valence-corrected chi connectivity index (χ3v) is 4.28. The van der Waals surface area contributed by atoms with Crippen molar-refractivity contribution in [3.63, 3.8) is 0 Å². The highest BCUT2D eigenvalue weighted by Gasteiger charge is 2.40. The molecule has 1 aliphatic rings. The Hall–Kier alpha value is -2.65. The summed E-state index contributed by atoms with van der Waals surface area (Å²) in [5.41, 5.74) is 9.06. The van der Waals surface area contributed by atoms with Crippen molar-refractivity contribution >= 4 is 5.69 Å². The molecule has 1 aliphatic heterocycles. The van der Waals surface area contributed by atoms with Crippen LogP contribution in [0.25, 0.3) is 11.1 Å². The van der Waals surface area contributed by atoms with E-state index in [1.54, 1.807) is 12.4 Å². The monoisotopic (exact) mass is 324 g/mol. The van der Waals surface area contributed by atoms with Gasteiger partial charge in [0.15, 0.2) is 0 Å². The van der Waals surface area contributed by atoms with E-state index in [-0.39, 0.29) is 0 Å². The van der Waals surface area contributed by atoms with Gasteiger partial charge in [-0.25, -0.2) is 4.98 Å². The Balaban J connectivity index is 2.19. The Morgan fingerprint density at radius 1 is 1.42 bits per heavy atom. The lowest BCUT2D eigenvalue weighted by Crippen LogP contribution is -2.26. The van der Waals surface area contributed by atoms with Gasteiger partial charge in [0.1, 0.15) is 5.41 Å². The predicted molar refractivity (Wildman–Crippen MR) is 90.5 cm³/mol. The van der Waals surface area contributed by atoms with Gasteiger partial charge in [-0.05, 0) is 32.4 Å². The van der Waals surface area contributed by atoms with Gasteiger partial charge in [-0.15, -0.1) is 0 Å². The van der Waals surface area contributed by atoms with E-state index in [2.05, 4.69) is 16.0 Å². The molecule has 6 nitrogen and oxygen atoms in total. The molecule has 0 aromatic carbocycles. The number of hydrogen-bond acceptors (Lipinski definition) is 6. The molecule has 0 bridgehead atoms. The van der Waals surface area contributed by atoms with Crippen LogP contribution in [-0.4, -0.2) is 29.8 Å². The third-order valence-electron chi connectivity index (χ3n) is 4.28. The molecule has 0 radical (unpaired) electrons. The summed E-state index contributed by atoms with van der Waals surface area (Å²) < 4.78 is 11.2. The van der Waals surface area contributed by atoms with Crippen LogP contribution in [-0.2, 0) is 10.2 Å². The molecule has 1 saturated heterocycles. The van der Waals surface area contributed by atoms with Crippen LogP contribution in [0.5, 0.6) is 5.88 Å². The number of ether oxygens (including phenoxy) is 2. The molecule has 2 N–H and O–H groups in total. The smallest absolute Gasteiger partial charge is 0.218 e. The van der Waals surface area contributed by atoms with E-state index in [9.17, 15) is 5.26 Å². The van der Waals surface area contributed by atoms with Crippen molar-refractivity contribution in [3.8, 4) is 23.1 Å². The Morgan fingerprint density at radius 2 is 2.25 bits per heavy atom. The first-order valence-electron chi connectivity index (χ1n) is 7.94. The minimum atomic E-state index is -0.728. The molecule has 6 heteroatoms. The molecule has 2 aromatic rings. The summed E-state index contributed by atoms with van der Waals surface area (Å²) in [6, 6.07) is 6.24. The summed E-state index contributed by atoms with van der Waals surface area (Å²) in [5.74, 6) is 0.502. The summed E-state index contributed by atoms with van der Waals surface area (Å²) in [4.78, 5) is 8.76. The summed E-state index contributed by atoms with van der Waals surface area (Å²) in [5, 5.41) is 9.79. The second kappa shape index (κ2) is 6.46. The van der Waals surface area contributed by atoms with Crippen molar-refractivity contribution in [2.45, 2.75) is 25.7 Å². The maximum Gasteiger partial charge on any atom is 0.218 e. The molecule has 1 atom stereocenters. The van der Waals surface area contributed by atoms with Crippen LogP contribution in [0, 0.1) is 18.3 Å². The molecule has 0 spiro atoms. The number of nitriles is 1. The van der Waals surface area contributed by atoms with E-state index in [1.807, 2.05) is 26.0 Å². The molecule has 2 aromatic heterocycles. The summed E-state index contributed by atoms with van der Waals surface area (Å²) in [7, 11) is 0. The Labute approximate surface area is 141 Å². The minimum Gasteiger partial charge on any atom is -0.478 e. The van der Waals surface area contributed by atoms with Crippen LogP contribution in [0.4, 0.5) is 5.69 Å². The van der Waals surface area contributed by atoms with Crippen LogP contribution in [0.15, 0.2) is 24.5 Å². The fourth-order valence-electron chi connectivity index (χ4n) is 3.00. The highest BCUT2D eigenvalue weighted by atomic mass is 16.5. The van der Waals surface area contributed by atoms with Crippen LogP contribution in [0.2, 0.25) is 0 Å². The van der Waals surface area contributed by atoms with Crippen molar-refractivity contribution in [3.05, 3.63) is 35.8 Å². The lowest BCUT2D eigenvalue weighted by molar-refractivity contribution is 0.185. The zero-order valence-electron chi connectivity index (χ0n) is 13.9.